The lowest BCUT2D eigenvalue weighted by Gasteiger charge is -2.11. The van der Waals surface area contributed by atoms with Crippen molar-refractivity contribution < 1.29 is 10.0 Å². The summed E-state index contributed by atoms with van der Waals surface area (Å²) in [5.41, 5.74) is 6.06. The number of halogens is 1. The van der Waals surface area contributed by atoms with Gasteiger partial charge in [-0.2, -0.15) is 0 Å². The Balaban J connectivity index is 2.76. The summed E-state index contributed by atoms with van der Waals surface area (Å²) in [4.78, 5) is 11.7. The molecule has 4 N–H and O–H groups in total. The fourth-order valence-corrected chi connectivity index (χ4v) is 1.55. The van der Waals surface area contributed by atoms with Gasteiger partial charge in [-0.1, -0.05) is 17.3 Å². The molecule has 1 aromatic rings. The summed E-state index contributed by atoms with van der Waals surface area (Å²) in [6.45, 7) is 1.57. The Morgan fingerprint density at radius 3 is 2.75 bits per heavy atom. The van der Waals surface area contributed by atoms with Crippen molar-refractivity contribution in [3.05, 3.63) is 27.8 Å². The number of amides is 1. The third-order valence-corrected chi connectivity index (χ3v) is 3.02. The summed E-state index contributed by atoms with van der Waals surface area (Å²) in [6, 6.07) is 7.37. The van der Waals surface area contributed by atoms with Gasteiger partial charge in [-0.3, -0.25) is 4.79 Å². The van der Waals surface area contributed by atoms with E-state index in [-0.39, 0.29) is 11.7 Å². The number of hydrogen-bond acceptors (Lipinski definition) is 3. The van der Waals surface area contributed by atoms with Crippen LogP contribution < -0.4 is 11.1 Å². The van der Waals surface area contributed by atoms with Crippen LogP contribution in [0.4, 0.5) is 5.69 Å². The Morgan fingerprint density at radius 1 is 1.56 bits per heavy atom. The SMILES string of the molecule is CC(C(=O)Nc1ccccc1I)C(N)=NO. The van der Waals surface area contributed by atoms with Gasteiger partial charge in [-0.15, -0.1) is 0 Å². The number of carbonyl (C=O) groups excluding carboxylic acids is 1. The first-order valence-electron chi connectivity index (χ1n) is 4.59. The summed E-state index contributed by atoms with van der Waals surface area (Å²) in [6.07, 6.45) is 0. The number of hydrogen-bond donors (Lipinski definition) is 3. The molecule has 0 aromatic heterocycles. The molecule has 6 heteroatoms. The van der Waals surface area contributed by atoms with Crippen LogP contribution >= 0.6 is 22.6 Å². The first-order chi connectivity index (χ1) is 7.56. The summed E-state index contributed by atoms with van der Waals surface area (Å²) in [5.74, 6) is -1.08. The lowest BCUT2D eigenvalue weighted by atomic mass is 10.1. The molecule has 0 aliphatic heterocycles. The molecule has 5 nitrogen and oxygen atoms in total. The Bertz CT molecular complexity index is 420. The molecule has 1 amide bonds. The number of nitrogens with two attached hydrogens (primary N) is 1. The highest BCUT2D eigenvalue weighted by Crippen LogP contribution is 2.17. The first-order valence-corrected chi connectivity index (χ1v) is 5.67. The number of oxime groups is 1. The van der Waals surface area contributed by atoms with Crippen molar-refractivity contribution in [1.29, 1.82) is 0 Å². The molecular weight excluding hydrogens is 321 g/mol. The second-order valence-electron chi connectivity index (χ2n) is 3.22. The van der Waals surface area contributed by atoms with Gasteiger partial charge in [-0.05, 0) is 41.6 Å². The van der Waals surface area contributed by atoms with Crippen LogP contribution in [0.15, 0.2) is 29.4 Å². The monoisotopic (exact) mass is 333 g/mol. The molecule has 1 aromatic carbocycles. The average Bonchev–Trinajstić information content (AvgIpc) is 2.30. The third kappa shape index (κ3) is 3.09. The van der Waals surface area contributed by atoms with E-state index in [2.05, 4.69) is 33.1 Å². The molecule has 86 valence electrons. The van der Waals surface area contributed by atoms with Crippen LogP contribution in [-0.4, -0.2) is 17.0 Å². The predicted molar refractivity (Wildman–Crippen MR) is 70.4 cm³/mol. The van der Waals surface area contributed by atoms with Crippen LogP contribution in [-0.2, 0) is 4.79 Å². The highest BCUT2D eigenvalue weighted by Gasteiger charge is 2.18. The Morgan fingerprint density at radius 2 is 2.19 bits per heavy atom. The van der Waals surface area contributed by atoms with Crippen molar-refractivity contribution in [2.75, 3.05) is 5.32 Å². The lowest BCUT2D eigenvalue weighted by Crippen LogP contribution is -2.32. The molecule has 0 saturated heterocycles. The van der Waals surface area contributed by atoms with Gasteiger partial charge in [0.25, 0.3) is 0 Å². The zero-order valence-corrected chi connectivity index (χ0v) is 10.8. The van der Waals surface area contributed by atoms with Crippen molar-refractivity contribution in [1.82, 2.24) is 0 Å². The van der Waals surface area contributed by atoms with Crippen LogP contribution in [0.1, 0.15) is 6.92 Å². The van der Waals surface area contributed by atoms with Crippen molar-refractivity contribution in [2.24, 2.45) is 16.8 Å². The van der Waals surface area contributed by atoms with E-state index in [1.165, 1.54) is 0 Å². The van der Waals surface area contributed by atoms with E-state index < -0.39 is 5.92 Å². The Labute approximate surface area is 107 Å². The maximum Gasteiger partial charge on any atom is 0.234 e. The molecule has 0 aliphatic rings. The summed E-state index contributed by atoms with van der Waals surface area (Å²) >= 11 is 2.12. The smallest absolute Gasteiger partial charge is 0.234 e. The number of nitrogens with zero attached hydrogens (tertiary/aromatic N) is 1. The normalized spacial score (nSPS) is 13.2. The van der Waals surface area contributed by atoms with Gasteiger partial charge < -0.3 is 16.3 Å². The zero-order chi connectivity index (χ0) is 12.1. The second-order valence-corrected chi connectivity index (χ2v) is 4.38. The minimum absolute atomic E-state index is 0.108. The van der Waals surface area contributed by atoms with Gasteiger partial charge in [0.15, 0.2) is 5.84 Å². The van der Waals surface area contributed by atoms with E-state index >= 15 is 0 Å². The number of carbonyl (C=O) groups is 1. The molecule has 0 fully saturated rings. The van der Waals surface area contributed by atoms with Crippen molar-refractivity contribution in [2.45, 2.75) is 6.92 Å². The van der Waals surface area contributed by atoms with Crippen LogP contribution in [0.3, 0.4) is 0 Å². The highest BCUT2D eigenvalue weighted by atomic mass is 127. The first kappa shape index (κ1) is 12.8. The van der Waals surface area contributed by atoms with E-state index in [4.69, 9.17) is 10.9 Å². The van der Waals surface area contributed by atoms with Gasteiger partial charge in [-0.25, -0.2) is 0 Å². The number of rotatable bonds is 3. The molecule has 0 saturated carbocycles. The van der Waals surface area contributed by atoms with E-state index in [1.54, 1.807) is 13.0 Å². The molecule has 1 unspecified atom stereocenters. The molecule has 0 heterocycles. The number of anilines is 1. The fraction of sp³-hybridized carbons (Fsp3) is 0.200. The van der Waals surface area contributed by atoms with Gasteiger partial charge in [0.2, 0.25) is 5.91 Å². The van der Waals surface area contributed by atoms with E-state index in [0.29, 0.717) is 5.69 Å². The Kier molecular flexibility index (Phi) is 4.53. The number of para-hydroxylation sites is 1. The molecular formula is C10H12IN3O2. The third-order valence-electron chi connectivity index (χ3n) is 2.08. The van der Waals surface area contributed by atoms with Crippen LogP contribution in [0.5, 0.6) is 0 Å². The lowest BCUT2D eigenvalue weighted by molar-refractivity contribution is -0.117. The fourth-order valence-electron chi connectivity index (χ4n) is 1.02. The van der Waals surface area contributed by atoms with Crippen LogP contribution in [0.2, 0.25) is 0 Å². The standard InChI is InChI=1S/C10H12IN3O2/c1-6(9(12)14-16)10(15)13-8-5-3-2-4-7(8)11/h2-6,16H,1H3,(H2,12,14)(H,13,15). The number of nitrogens with one attached hydrogen (secondary N) is 1. The Hall–Kier alpha value is -1.31. The van der Waals surface area contributed by atoms with E-state index in [0.717, 1.165) is 3.57 Å². The molecule has 1 atom stereocenters. The topological polar surface area (TPSA) is 87.7 Å². The minimum Gasteiger partial charge on any atom is -0.409 e. The largest absolute Gasteiger partial charge is 0.409 e. The molecule has 0 radical (unpaired) electrons. The van der Waals surface area contributed by atoms with Crippen molar-refractivity contribution in [3.63, 3.8) is 0 Å². The molecule has 0 bridgehead atoms. The van der Waals surface area contributed by atoms with Crippen LogP contribution in [0, 0.1) is 9.49 Å². The van der Waals surface area contributed by atoms with Gasteiger partial charge in [0, 0.05) is 3.57 Å². The summed E-state index contributed by atoms with van der Waals surface area (Å²) in [7, 11) is 0. The van der Waals surface area contributed by atoms with E-state index in [9.17, 15) is 4.79 Å². The average molecular weight is 333 g/mol. The second kappa shape index (κ2) is 5.69. The van der Waals surface area contributed by atoms with Gasteiger partial charge >= 0.3 is 0 Å². The molecule has 0 spiro atoms. The maximum absolute atomic E-state index is 11.7. The van der Waals surface area contributed by atoms with Gasteiger partial charge in [0.1, 0.15) is 0 Å². The molecule has 16 heavy (non-hydrogen) atoms. The van der Waals surface area contributed by atoms with Crippen molar-refractivity contribution >= 4 is 40.0 Å². The van der Waals surface area contributed by atoms with E-state index in [1.807, 2.05) is 18.2 Å². The molecule has 1 rings (SSSR count). The maximum atomic E-state index is 11.7. The highest BCUT2D eigenvalue weighted by molar-refractivity contribution is 14.1. The number of amidine groups is 1. The molecule has 0 aliphatic carbocycles. The van der Waals surface area contributed by atoms with Crippen LogP contribution in [0.25, 0.3) is 0 Å². The predicted octanol–water partition coefficient (Wildman–Crippen LogP) is 1.61. The van der Waals surface area contributed by atoms with Crippen molar-refractivity contribution in [3.8, 4) is 0 Å². The number of benzene rings is 1. The quantitative estimate of drug-likeness (QED) is 0.258. The summed E-state index contributed by atoms with van der Waals surface area (Å²) < 4.78 is 0.931. The summed E-state index contributed by atoms with van der Waals surface area (Å²) in [5, 5.41) is 14.0. The zero-order valence-electron chi connectivity index (χ0n) is 8.64. The van der Waals surface area contributed by atoms with Gasteiger partial charge in [0.05, 0.1) is 11.6 Å². The minimum atomic E-state index is -0.666.